The standard InChI is InChI=1S/C16H13NO3/c1-12-2-4-13(5-3-12)6-11-16(18)14-7-9-15(10-8-14)17(19)20/h2-11H,1H3/p+1/b11-6+. The molecule has 0 spiro atoms. The fourth-order valence-electron chi connectivity index (χ4n) is 1.70. The number of nitro benzene ring substituents is 1. The molecule has 0 aliphatic carbocycles. The minimum atomic E-state index is -0.469. The van der Waals surface area contributed by atoms with Crippen molar-refractivity contribution in [3.05, 3.63) is 81.4 Å². The summed E-state index contributed by atoms with van der Waals surface area (Å²) >= 11 is 0. The topological polar surface area (TPSA) is 64.5 Å². The number of aryl methyl sites for hydroxylation is 1. The molecule has 4 heteroatoms. The fraction of sp³-hybridized carbons (Fsp3) is 0.0625. The first-order valence-electron chi connectivity index (χ1n) is 6.12. The molecule has 100 valence electrons. The minimum Gasteiger partial charge on any atom is -0.273 e. The van der Waals surface area contributed by atoms with Gasteiger partial charge in [0.15, 0.2) is 0 Å². The van der Waals surface area contributed by atoms with Crippen molar-refractivity contribution in [1.29, 1.82) is 0 Å². The molecule has 0 aliphatic heterocycles. The van der Waals surface area contributed by atoms with E-state index in [1.807, 2.05) is 31.2 Å². The summed E-state index contributed by atoms with van der Waals surface area (Å²) < 4.78 is 0. The molecule has 2 aromatic rings. The lowest BCUT2D eigenvalue weighted by Gasteiger charge is -1.94. The number of nitro groups is 1. The van der Waals surface area contributed by atoms with Crippen molar-refractivity contribution in [3.63, 3.8) is 0 Å². The van der Waals surface area contributed by atoms with E-state index in [1.54, 1.807) is 12.2 Å². The quantitative estimate of drug-likeness (QED) is 0.280. The van der Waals surface area contributed by atoms with Gasteiger partial charge in [-0.15, -0.1) is 0 Å². The van der Waals surface area contributed by atoms with E-state index >= 15 is 0 Å². The Kier molecular flexibility index (Phi) is 4.05. The summed E-state index contributed by atoms with van der Waals surface area (Å²) in [7, 11) is 0. The average molecular weight is 268 g/mol. The molecular weight excluding hydrogens is 254 g/mol. The molecule has 0 saturated carbocycles. The molecule has 0 heterocycles. The first-order chi connectivity index (χ1) is 9.56. The van der Waals surface area contributed by atoms with E-state index in [0.717, 1.165) is 5.56 Å². The highest BCUT2D eigenvalue weighted by Gasteiger charge is 2.11. The molecule has 0 fully saturated rings. The predicted molar refractivity (Wildman–Crippen MR) is 79.4 cm³/mol. The monoisotopic (exact) mass is 268 g/mol. The number of hydrogen-bond donors (Lipinski definition) is 0. The van der Waals surface area contributed by atoms with E-state index in [2.05, 4.69) is 0 Å². The van der Waals surface area contributed by atoms with Crippen LogP contribution in [0.2, 0.25) is 0 Å². The zero-order chi connectivity index (χ0) is 14.5. The van der Waals surface area contributed by atoms with Crippen LogP contribution in [-0.2, 0) is 0 Å². The Morgan fingerprint density at radius 3 is 2.25 bits per heavy atom. The molecular formula is C16H14NO3+. The van der Waals surface area contributed by atoms with Gasteiger partial charge in [-0.2, -0.15) is 0 Å². The van der Waals surface area contributed by atoms with Gasteiger partial charge in [-0.1, -0.05) is 29.8 Å². The van der Waals surface area contributed by atoms with Crippen LogP contribution >= 0.6 is 0 Å². The summed E-state index contributed by atoms with van der Waals surface area (Å²) in [5.41, 5.74) is 2.69. The van der Waals surface area contributed by atoms with Gasteiger partial charge >= 0.3 is 5.78 Å². The molecule has 1 N–H and O–H groups in total. The van der Waals surface area contributed by atoms with Crippen molar-refractivity contribution >= 4 is 17.5 Å². The summed E-state index contributed by atoms with van der Waals surface area (Å²) in [5.74, 6) is 0.0699. The number of nitrogens with zero attached hydrogens (tertiary/aromatic N) is 1. The van der Waals surface area contributed by atoms with Crippen molar-refractivity contribution in [2.45, 2.75) is 6.92 Å². The van der Waals surface area contributed by atoms with Gasteiger partial charge in [-0.05, 0) is 30.7 Å². The number of non-ortho nitro benzene ring substituents is 1. The molecule has 0 unspecified atom stereocenters. The van der Waals surface area contributed by atoms with Crippen LogP contribution in [0.3, 0.4) is 0 Å². The van der Waals surface area contributed by atoms with E-state index < -0.39 is 4.92 Å². The second kappa shape index (κ2) is 5.93. The van der Waals surface area contributed by atoms with Gasteiger partial charge in [0, 0.05) is 18.2 Å². The van der Waals surface area contributed by atoms with Crippen LogP contribution in [0.4, 0.5) is 5.69 Å². The van der Waals surface area contributed by atoms with Gasteiger partial charge in [-0.3, -0.25) is 14.9 Å². The number of ketones is 1. The summed E-state index contributed by atoms with van der Waals surface area (Å²) in [6, 6.07) is 13.7. The van der Waals surface area contributed by atoms with Crippen molar-refractivity contribution in [2.24, 2.45) is 0 Å². The van der Waals surface area contributed by atoms with Crippen LogP contribution < -0.4 is 0 Å². The molecule has 0 atom stereocenters. The largest absolute Gasteiger partial charge is 0.347 e. The highest BCUT2D eigenvalue weighted by molar-refractivity contribution is 6.07. The third-order valence-electron chi connectivity index (χ3n) is 2.88. The van der Waals surface area contributed by atoms with Crippen molar-refractivity contribution in [2.75, 3.05) is 0 Å². The predicted octanol–water partition coefficient (Wildman–Crippen LogP) is 3.51. The maximum atomic E-state index is 10.5. The van der Waals surface area contributed by atoms with E-state index in [0.29, 0.717) is 5.56 Å². The summed E-state index contributed by atoms with van der Waals surface area (Å²) in [6.07, 6.45) is 3.36. The second-order valence-corrected chi connectivity index (χ2v) is 4.43. The third kappa shape index (κ3) is 3.38. The lowest BCUT2D eigenvalue weighted by molar-refractivity contribution is -0.384. The van der Waals surface area contributed by atoms with Crippen LogP contribution in [0.5, 0.6) is 0 Å². The molecule has 4 nitrogen and oxygen atoms in total. The highest BCUT2D eigenvalue weighted by atomic mass is 16.6. The van der Waals surface area contributed by atoms with E-state index in [9.17, 15) is 14.9 Å². The van der Waals surface area contributed by atoms with Crippen molar-refractivity contribution < 1.29 is 9.72 Å². The number of rotatable bonds is 4. The van der Waals surface area contributed by atoms with Crippen LogP contribution in [0, 0.1) is 17.0 Å². The molecule has 0 radical (unpaired) electrons. The number of allylic oxidation sites excluding steroid dienone is 1. The van der Waals surface area contributed by atoms with Gasteiger partial charge in [-0.25, -0.2) is 0 Å². The Hall–Kier alpha value is -2.75. The Labute approximate surface area is 116 Å². The van der Waals surface area contributed by atoms with Crippen LogP contribution in [0.15, 0.2) is 54.6 Å². The minimum absolute atomic E-state index is 0.00376. The average Bonchev–Trinajstić information content (AvgIpc) is 2.46. The van der Waals surface area contributed by atoms with Crippen molar-refractivity contribution in [3.8, 4) is 0 Å². The molecule has 2 aromatic carbocycles. The van der Waals surface area contributed by atoms with Crippen molar-refractivity contribution in [1.82, 2.24) is 0 Å². The molecule has 0 saturated heterocycles. The summed E-state index contributed by atoms with van der Waals surface area (Å²) in [5, 5.41) is 10.5. The Balaban J connectivity index is 2.11. The van der Waals surface area contributed by atoms with Crippen LogP contribution in [-0.4, -0.2) is 15.5 Å². The molecule has 0 amide bonds. The van der Waals surface area contributed by atoms with E-state index in [4.69, 9.17) is 0 Å². The molecule has 0 aliphatic rings. The van der Waals surface area contributed by atoms with Gasteiger partial charge in [0.05, 0.1) is 10.5 Å². The van der Waals surface area contributed by atoms with E-state index in [1.165, 1.54) is 29.8 Å². The highest BCUT2D eigenvalue weighted by Crippen LogP contribution is 2.13. The molecule has 0 aromatic heterocycles. The maximum Gasteiger partial charge on any atom is 0.347 e. The zero-order valence-electron chi connectivity index (χ0n) is 11.0. The normalized spacial score (nSPS) is 10.7. The van der Waals surface area contributed by atoms with Gasteiger partial charge in [0.2, 0.25) is 0 Å². The number of benzene rings is 2. The first-order valence-corrected chi connectivity index (χ1v) is 6.12. The number of carbonyl (C=O) groups excluding carboxylic acids is 1. The Bertz CT molecular complexity index is 655. The smallest absolute Gasteiger partial charge is 0.273 e. The number of hydrogen-bond acceptors (Lipinski definition) is 2. The summed E-state index contributed by atoms with van der Waals surface area (Å²) in [6.45, 7) is 2.01. The SMILES string of the molecule is Cc1ccc(/C=C/C(=[OH+])c2ccc([N+](=O)[O-])cc2)cc1. The third-order valence-corrected chi connectivity index (χ3v) is 2.88. The first kappa shape index (κ1) is 13.7. The van der Waals surface area contributed by atoms with Gasteiger partial charge in [0.25, 0.3) is 5.69 Å². The molecule has 20 heavy (non-hydrogen) atoms. The second-order valence-electron chi connectivity index (χ2n) is 4.43. The lowest BCUT2D eigenvalue weighted by atomic mass is 10.1. The summed E-state index contributed by atoms with van der Waals surface area (Å²) in [4.78, 5) is 20.0. The zero-order valence-corrected chi connectivity index (χ0v) is 11.0. The van der Waals surface area contributed by atoms with Gasteiger partial charge in [0.1, 0.15) is 0 Å². The Morgan fingerprint density at radius 2 is 1.70 bits per heavy atom. The lowest BCUT2D eigenvalue weighted by Crippen LogP contribution is -1.96. The van der Waals surface area contributed by atoms with Crippen LogP contribution in [0.1, 0.15) is 16.7 Å². The maximum absolute atomic E-state index is 10.5. The molecule has 0 bridgehead atoms. The van der Waals surface area contributed by atoms with Gasteiger partial charge < -0.3 is 0 Å². The Morgan fingerprint density at radius 1 is 1.10 bits per heavy atom. The molecule has 2 rings (SSSR count). The van der Waals surface area contributed by atoms with Crippen LogP contribution in [0.25, 0.3) is 6.08 Å². The fourth-order valence-corrected chi connectivity index (χ4v) is 1.70. The van der Waals surface area contributed by atoms with E-state index in [-0.39, 0.29) is 11.5 Å².